The molecule has 0 saturated carbocycles. The van der Waals surface area contributed by atoms with E-state index >= 15 is 0 Å². The molecule has 0 radical (unpaired) electrons. The van der Waals surface area contributed by atoms with Gasteiger partial charge in [0.1, 0.15) is 0 Å². The van der Waals surface area contributed by atoms with Gasteiger partial charge >= 0.3 is 0 Å². The van der Waals surface area contributed by atoms with Crippen LogP contribution < -0.4 is 5.32 Å². The molecule has 2 aromatic rings. The van der Waals surface area contributed by atoms with Crippen LogP contribution in [0.15, 0.2) is 52.3 Å². The predicted octanol–water partition coefficient (Wildman–Crippen LogP) is 4.06. The minimum absolute atomic E-state index is 0.168. The van der Waals surface area contributed by atoms with Crippen LogP contribution in [0.2, 0.25) is 0 Å². The predicted molar refractivity (Wildman–Crippen MR) is 112 cm³/mol. The van der Waals surface area contributed by atoms with Crippen molar-refractivity contribution in [2.45, 2.75) is 37.5 Å². The van der Waals surface area contributed by atoms with E-state index in [9.17, 15) is 13.2 Å². The molecule has 5 nitrogen and oxygen atoms in total. The van der Waals surface area contributed by atoms with Crippen LogP contribution in [-0.4, -0.2) is 37.5 Å². The van der Waals surface area contributed by atoms with Crippen LogP contribution in [0.3, 0.4) is 0 Å². The van der Waals surface area contributed by atoms with Gasteiger partial charge in [-0.1, -0.05) is 37.6 Å². The van der Waals surface area contributed by atoms with E-state index in [1.807, 2.05) is 26.0 Å². The summed E-state index contributed by atoms with van der Waals surface area (Å²) in [5.74, 6) is 0.0930. The van der Waals surface area contributed by atoms with E-state index in [4.69, 9.17) is 0 Å². The maximum atomic E-state index is 12.6. The summed E-state index contributed by atoms with van der Waals surface area (Å²) in [6, 6.07) is 12.5. The minimum atomic E-state index is -3.55. The Kier molecular flexibility index (Phi) is 7.47. The zero-order valence-electron chi connectivity index (χ0n) is 16.2. The second kappa shape index (κ2) is 9.39. The number of thioether (sulfide) groups is 1. The zero-order valence-corrected chi connectivity index (χ0v) is 17.8. The van der Waals surface area contributed by atoms with Crippen molar-refractivity contribution in [1.29, 1.82) is 0 Å². The molecule has 1 amide bonds. The van der Waals surface area contributed by atoms with Gasteiger partial charge < -0.3 is 5.32 Å². The third-order valence-corrected chi connectivity index (χ3v) is 7.37. The lowest BCUT2D eigenvalue weighted by molar-refractivity contribution is -0.113. The van der Waals surface area contributed by atoms with Crippen molar-refractivity contribution in [3.63, 3.8) is 0 Å². The summed E-state index contributed by atoms with van der Waals surface area (Å²) in [5, 5.41) is 2.79. The highest BCUT2D eigenvalue weighted by Gasteiger charge is 2.21. The van der Waals surface area contributed by atoms with E-state index < -0.39 is 10.0 Å². The van der Waals surface area contributed by atoms with Crippen molar-refractivity contribution >= 4 is 33.4 Å². The first-order valence-electron chi connectivity index (χ1n) is 8.88. The summed E-state index contributed by atoms with van der Waals surface area (Å²) in [6.45, 7) is 8.45. The molecule has 27 heavy (non-hydrogen) atoms. The standard InChI is InChI=1S/C20H26N2O3S2/c1-5-22(6-2)27(24,25)18-9-7-8-17(13-18)21-20(23)14-26-19-12-15(3)10-11-16(19)4/h7-13H,5-6,14H2,1-4H3,(H,21,23). The molecule has 7 heteroatoms. The summed E-state index contributed by atoms with van der Waals surface area (Å²) < 4.78 is 26.6. The Morgan fingerprint density at radius 1 is 1.07 bits per heavy atom. The molecule has 0 spiro atoms. The molecule has 0 bridgehead atoms. The van der Waals surface area contributed by atoms with Gasteiger partial charge in [-0.15, -0.1) is 11.8 Å². The normalized spacial score (nSPS) is 11.6. The van der Waals surface area contributed by atoms with E-state index in [1.54, 1.807) is 32.0 Å². The number of nitrogens with zero attached hydrogens (tertiary/aromatic N) is 1. The summed E-state index contributed by atoms with van der Waals surface area (Å²) in [5.41, 5.74) is 2.76. The Labute approximate surface area is 166 Å². The smallest absolute Gasteiger partial charge is 0.243 e. The molecule has 0 fully saturated rings. The number of carbonyl (C=O) groups is 1. The average Bonchev–Trinajstić information content (AvgIpc) is 2.63. The van der Waals surface area contributed by atoms with Gasteiger partial charge in [0.2, 0.25) is 15.9 Å². The fraction of sp³-hybridized carbons (Fsp3) is 0.350. The van der Waals surface area contributed by atoms with Crippen LogP contribution in [0.1, 0.15) is 25.0 Å². The molecule has 2 rings (SSSR count). The summed E-state index contributed by atoms with van der Waals surface area (Å²) >= 11 is 1.47. The quantitative estimate of drug-likeness (QED) is 0.671. The van der Waals surface area contributed by atoms with E-state index in [1.165, 1.54) is 22.1 Å². The van der Waals surface area contributed by atoms with Crippen molar-refractivity contribution in [3.05, 3.63) is 53.6 Å². The van der Waals surface area contributed by atoms with Crippen LogP contribution in [-0.2, 0) is 14.8 Å². The number of benzene rings is 2. The molecule has 0 heterocycles. The molecule has 0 aliphatic carbocycles. The third-order valence-electron chi connectivity index (χ3n) is 4.16. The van der Waals surface area contributed by atoms with Gasteiger partial charge in [-0.2, -0.15) is 4.31 Å². The second-order valence-corrected chi connectivity index (χ2v) is 9.18. The first kappa shape index (κ1) is 21.5. The van der Waals surface area contributed by atoms with Gasteiger partial charge in [-0.05, 0) is 43.7 Å². The monoisotopic (exact) mass is 406 g/mol. The van der Waals surface area contributed by atoms with Crippen molar-refractivity contribution in [2.75, 3.05) is 24.2 Å². The first-order valence-corrected chi connectivity index (χ1v) is 11.3. The number of nitrogens with one attached hydrogen (secondary N) is 1. The summed E-state index contributed by atoms with van der Waals surface area (Å²) in [4.78, 5) is 13.6. The topological polar surface area (TPSA) is 66.5 Å². The lowest BCUT2D eigenvalue weighted by Crippen LogP contribution is -2.30. The number of aryl methyl sites for hydroxylation is 2. The molecular formula is C20H26N2O3S2. The molecule has 0 aliphatic rings. The first-order chi connectivity index (χ1) is 12.8. The van der Waals surface area contributed by atoms with E-state index in [-0.39, 0.29) is 16.6 Å². The molecule has 0 aromatic heterocycles. The number of amides is 1. The van der Waals surface area contributed by atoms with Gasteiger partial charge in [0.15, 0.2) is 0 Å². The number of hydrogen-bond donors (Lipinski definition) is 1. The fourth-order valence-corrected chi connectivity index (χ4v) is 5.08. The van der Waals surface area contributed by atoms with Gasteiger partial charge in [-0.3, -0.25) is 4.79 Å². The van der Waals surface area contributed by atoms with Crippen molar-refractivity contribution in [2.24, 2.45) is 0 Å². The maximum Gasteiger partial charge on any atom is 0.243 e. The molecule has 1 N–H and O–H groups in total. The largest absolute Gasteiger partial charge is 0.325 e. The van der Waals surface area contributed by atoms with Crippen LogP contribution in [0.25, 0.3) is 0 Å². The maximum absolute atomic E-state index is 12.6. The molecular weight excluding hydrogens is 380 g/mol. The zero-order chi connectivity index (χ0) is 20.0. The van der Waals surface area contributed by atoms with Gasteiger partial charge in [-0.25, -0.2) is 8.42 Å². The fourth-order valence-electron chi connectivity index (χ4n) is 2.65. The Bertz CT molecular complexity index is 907. The summed E-state index contributed by atoms with van der Waals surface area (Å²) in [6.07, 6.45) is 0. The van der Waals surface area contributed by atoms with Crippen LogP contribution in [0.5, 0.6) is 0 Å². The molecule has 2 aromatic carbocycles. The van der Waals surface area contributed by atoms with Gasteiger partial charge in [0.05, 0.1) is 10.6 Å². The third kappa shape index (κ3) is 5.57. The van der Waals surface area contributed by atoms with Crippen LogP contribution >= 0.6 is 11.8 Å². The average molecular weight is 407 g/mol. The van der Waals surface area contributed by atoms with E-state index in [0.717, 1.165) is 16.0 Å². The number of hydrogen-bond acceptors (Lipinski definition) is 4. The highest BCUT2D eigenvalue weighted by Crippen LogP contribution is 2.24. The second-order valence-electron chi connectivity index (χ2n) is 6.22. The SMILES string of the molecule is CCN(CC)S(=O)(=O)c1cccc(NC(=O)CSc2cc(C)ccc2C)c1. The number of rotatable bonds is 8. The summed E-state index contributed by atoms with van der Waals surface area (Å²) in [7, 11) is -3.55. The Hall–Kier alpha value is -1.83. The Balaban J connectivity index is 2.07. The van der Waals surface area contributed by atoms with E-state index in [2.05, 4.69) is 11.4 Å². The number of anilines is 1. The number of carbonyl (C=O) groups excluding carboxylic acids is 1. The number of sulfonamides is 1. The van der Waals surface area contributed by atoms with Gasteiger partial charge in [0, 0.05) is 23.7 Å². The highest BCUT2D eigenvalue weighted by molar-refractivity contribution is 8.00. The molecule has 146 valence electrons. The molecule has 0 saturated heterocycles. The van der Waals surface area contributed by atoms with Gasteiger partial charge in [0.25, 0.3) is 0 Å². The molecule has 0 atom stereocenters. The minimum Gasteiger partial charge on any atom is -0.325 e. The highest BCUT2D eigenvalue weighted by atomic mass is 32.2. The van der Waals surface area contributed by atoms with Crippen molar-refractivity contribution in [1.82, 2.24) is 4.31 Å². The van der Waals surface area contributed by atoms with Crippen molar-refractivity contribution in [3.8, 4) is 0 Å². The lowest BCUT2D eigenvalue weighted by Gasteiger charge is -2.18. The lowest BCUT2D eigenvalue weighted by atomic mass is 10.2. The Morgan fingerprint density at radius 2 is 1.78 bits per heavy atom. The van der Waals surface area contributed by atoms with Crippen LogP contribution in [0.4, 0.5) is 5.69 Å². The van der Waals surface area contributed by atoms with Crippen molar-refractivity contribution < 1.29 is 13.2 Å². The van der Waals surface area contributed by atoms with Crippen LogP contribution in [0, 0.1) is 13.8 Å². The molecule has 0 aliphatic heterocycles. The molecule has 0 unspecified atom stereocenters. The Morgan fingerprint density at radius 3 is 2.44 bits per heavy atom. The van der Waals surface area contributed by atoms with E-state index in [0.29, 0.717) is 18.8 Å².